The molecule has 0 unspecified atom stereocenters. The van der Waals surface area contributed by atoms with Gasteiger partial charge in [-0.3, -0.25) is 4.79 Å². The van der Waals surface area contributed by atoms with Gasteiger partial charge in [0, 0.05) is 24.6 Å². The monoisotopic (exact) mass is 333 g/mol. The van der Waals surface area contributed by atoms with Crippen LogP contribution in [-0.2, 0) is 11.3 Å². The third kappa shape index (κ3) is 4.05. The SMILES string of the molecule is COc1ccc([C@H](N)CC(=O)NCc2c(C)noc2C)cc1OC. The maximum atomic E-state index is 12.1. The third-order valence-electron chi connectivity index (χ3n) is 3.88. The summed E-state index contributed by atoms with van der Waals surface area (Å²) < 4.78 is 15.5. The molecule has 3 N–H and O–H groups in total. The minimum Gasteiger partial charge on any atom is -0.493 e. The molecule has 0 radical (unpaired) electrons. The average molecular weight is 333 g/mol. The van der Waals surface area contributed by atoms with Gasteiger partial charge in [-0.25, -0.2) is 0 Å². The molecule has 130 valence electrons. The molecule has 2 rings (SSSR count). The van der Waals surface area contributed by atoms with Gasteiger partial charge in [-0.2, -0.15) is 0 Å². The number of methoxy groups -OCH3 is 2. The minimum atomic E-state index is -0.436. The predicted octanol–water partition coefficient (Wildman–Crippen LogP) is 2.01. The number of carbonyl (C=O) groups excluding carboxylic acids is 1. The lowest BCUT2D eigenvalue weighted by Gasteiger charge is -2.15. The number of nitrogens with two attached hydrogens (primary N) is 1. The first kappa shape index (κ1) is 17.8. The van der Waals surface area contributed by atoms with E-state index in [4.69, 9.17) is 19.7 Å². The van der Waals surface area contributed by atoms with Crippen LogP contribution in [-0.4, -0.2) is 25.3 Å². The molecule has 0 aliphatic rings. The number of nitrogens with one attached hydrogen (secondary N) is 1. The highest BCUT2D eigenvalue weighted by molar-refractivity contribution is 5.76. The summed E-state index contributed by atoms with van der Waals surface area (Å²) in [6.07, 6.45) is 0.166. The molecule has 1 aromatic heterocycles. The van der Waals surface area contributed by atoms with Crippen LogP contribution < -0.4 is 20.5 Å². The molecule has 1 amide bonds. The van der Waals surface area contributed by atoms with E-state index in [0.29, 0.717) is 23.8 Å². The summed E-state index contributed by atoms with van der Waals surface area (Å²) in [5, 5.41) is 6.70. The Labute approximate surface area is 141 Å². The minimum absolute atomic E-state index is 0.141. The fourth-order valence-electron chi connectivity index (χ4n) is 2.41. The second kappa shape index (κ2) is 7.83. The van der Waals surface area contributed by atoms with Gasteiger partial charge in [-0.05, 0) is 31.5 Å². The lowest BCUT2D eigenvalue weighted by atomic mass is 10.0. The van der Waals surface area contributed by atoms with Crippen molar-refractivity contribution in [2.24, 2.45) is 5.73 Å². The standard InChI is InChI=1S/C17H23N3O4/c1-10-13(11(2)24-20-10)9-19-17(21)8-14(18)12-5-6-15(22-3)16(7-12)23-4/h5-7,14H,8-9,18H2,1-4H3,(H,19,21)/t14-/m1/s1. The molecule has 24 heavy (non-hydrogen) atoms. The lowest BCUT2D eigenvalue weighted by Crippen LogP contribution is -2.27. The number of hydrogen-bond acceptors (Lipinski definition) is 6. The molecule has 0 bridgehead atoms. The van der Waals surface area contributed by atoms with E-state index in [1.165, 1.54) is 0 Å². The van der Waals surface area contributed by atoms with Crippen LogP contribution in [0.3, 0.4) is 0 Å². The fourth-order valence-corrected chi connectivity index (χ4v) is 2.41. The van der Waals surface area contributed by atoms with Gasteiger partial charge in [0.15, 0.2) is 11.5 Å². The Kier molecular flexibility index (Phi) is 5.81. The zero-order valence-corrected chi connectivity index (χ0v) is 14.4. The van der Waals surface area contributed by atoms with Crippen molar-refractivity contribution in [1.29, 1.82) is 0 Å². The largest absolute Gasteiger partial charge is 0.493 e. The van der Waals surface area contributed by atoms with E-state index in [0.717, 1.165) is 16.8 Å². The molecule has 0 saturated carbocycles. The molecule has 0 spiro atoms. The number of carbonyl (C=O) groups is 1. The number of hydrogen-bond donors (Lipinski definition) is 2. The molecule has 7 nitrogen and oxygen atoms in total. The first-order valence-corrected chi connectivity index (χ1v) is 7.62. The normalized spacial score (nSPS) is 11.9. The summed E-state index contributed by atoms with van der Waals surface area (Å²) >= 11 is 0. The molecule has 0 fully saturated rings. The first-order chi connectivity index (χ1) is 11.5. The molecular weight excluding hydrogens is 310 g/mol. The summed E-state index contributed by atoms with van der Waals surface area (Å²) in [7, 11) is 3.13. The second-order valence-electron chi connectivity index (χ2n) is 5.50. The Morgan fingerprint density at radius 1 is 1.29 bits per heavy atom. The van der Waals surface area contributed by atoms with E-state index in [1.807, 2.05) is 19.9 Å². The number of amides is 1. The Bertz CT molecular complexity index is 692. The number of rotatable bonds is 7. The molecule has 7 heteroatoms. The summed E-state index contributed by atoms with van der Waals surface area (Å²) in [4.78, 5) is 12.1. The van der Waals surface area contributed by atoms with Gasteiger partial charge in [0.25, 0.3) is 0 Å². The van der Waals surface area contributed by atoms with Gasteiger partial charge in [0.05, 0.1) is 19.9 Å². The third-order valence-corrected chi connectivity index (χ3v) is 3.88. The van der Waals surface area contributed by atoms with E-state index in [-0.39, 0.29) is 12.3 Å². The molecule has 2 aromatic rings. The smallest absolute Gasteiger partial charge is 0.222 e. The van der Waals surface area contributed by atoms with Gasteiger partial charge in [-0.1, -0.05) is 11.2 Å². The highest BCUT2D eigenvalue weighted by Gasteiger charge is 2.16. The van der Waals surface area contributed by atoms with Crippen LogP contribution >= 0.6 is 0 Å². The van der Waals surface area contributed by atoms with E-state index in [9.17, 15) is 4.79 Å². The van der Waals surface area contributed by atoms with Crippen molar-refractivity contribution >= 4 is 5.91 Å². The zero-order valence-electron chi connectivity index (χ0n) is 14.4. The van der Waals surface area contributed by atoms with Crippen molar-refractivity contribution in [3.8, 4) is 11.5 Å². The highest BCUT2D eigenvalue weighted by Crippen LogP contribution is 2.30. The maximum absolute atomic E-state index is 12.1. The Morgan fingerprint density at radius 2 is 2.00 bits per heavy atom. The molecule has 1 aromatic carbocycles. The Balaban J connectivity index is 1.96. The van der Waals surface area contributed by atoms with Crippen LogP contribution in [0.5, 0.6) is 11.5 Å². The molecular formula is C17H23N3O4. The van der Waals surface area contributed by atoms with Crippen LogP contribution in [0.15, 0.2) is 22.7 Å². The molecule has 0 aliphatic heterocycles. The van der Waals surface area contributed by atoms with Crippen molar-refractivity contribution in [3.63, 3.8) is 0 Å². The van der Waals surface area contributed by atoms with Gasteiger partial charge in [0.2, 0.25) is 5.91 Å². The van der Waals surface area contributed by atoms with Crippen LogP contribution in [0.4, 0.5) is 0 Å². The molecule has 1 atom stereocenters. The van der Waals surface area contributed by atoms with Crippen molar-refractivity contribution in [2.45, 2.75) is 32.9 Å². The van der Waals surface area contributed by atoms with Crippen LogP contribution in [0.1, 0.15) is 35.0 Å². The van der Waals surface area contributed by atoms with E-state index < -0.39 is 6.04 Å². The second-order valence-corrected chi connectivity index (χ2v) is 5.50. The van der Waals surface area contributed by atoms with E-state index in [2.05, 4.69) is 10.5 Å². The van der Waals surface area contributed by atoms with Crippen LogP contribution in [0.25, 0.3) is 0 Å². The summed E-state index contributed by atoms with van der Waals surface area (Å²) in [6.45, 7) is 4.03. The van der Waals surface area contributed by atoms with Crippen molar-refractivity contribution in [2.75, 3.05) is 14.2 Å². The van der Waals surface area contributed by atoms with Gasteiger partial charge >= 0.3 is 0 Å². The predicted molar refractivity (Wildman–Crippen MR) is 88.9 cm³/mol. The lowest BCUT2D eigenvalue weighted by molar-refractivity contribution is -0.121. The van der Waals surface area contributed by atoms with Crippen molar-refractivity contribution < 1.29 is 18.8 Å². The summed E-state index contributed by atoms with van der Waals surface area (Å²) in [5.41, 5.74) is 8.60. The highest BCUT2D eigenvalue weighted by atomic mass is 16.5. The quantitative estimate of drug-likeness (QED) is 0.804. The fraction of sp³-hybridized carbons (Fsp3) is 0.412. The topological polar surface area (TPSA) is 99.6 Å². The van der Waals surface area contributed by atoms with Crippen molar-refractivity contribution in [1.82, 2.24) is 10.5 Å². The van der Waals surface area contributed by atoms with Crippen molar-refractivity contribution in [3.05, 3.63) is 40.8 Å². The molecule has 0 saturated heterocycles. The molecule has 1 heterocycles. The molecule has 0 aliphatic carbocycles. The number of aromatic nitrogens is 1. The van der Waals surface area contributed by atoms with E-state index in [1.54, 1.807) is 26.4 Å². The number of aryl methyl sites for hydroxylation is 2. The van der Waals surface area contributed by atoms with Crippen LogP contribution in [0.2, 0.25) is 0 Å². The van der Waals surface area contributed by atoms with Gasteiger partial charge in [-0.15, -0.1) is 0 Å². The number of ether oxygens (including phenoxy) is 2. The Hall–Kier alpha value is -2.54. The zero-order chi connectivity index (χ0) is 17.7. The van der Waals surface area contributed by atoms with Gasteiger partial charge < -0.3 is 25.0 Å². The van der Waals surface area contributed by atoms with E-state index >= 15 is 0 Å². The summed E-state index contributed by atoms with van der Waals surface area (Å²) in [5.74, 6) is 1.77. The number of benzene rings is 1. The number of nitrogens with zero attached hydrogens (tertiary/aromatic N) is 1. The maximum Gasteiger partial charge on any atom is 0.222 e. The Morgan fingerprint density at radius 3 is 2.58 bits per heavy atom. The summed E-state index contributed by atoms with van der Waals surface area (Å²) in [6, 6.07) is 4.95. The first-order valence-electron chi connectivity index (χ1n) is 7.62. The average Bonchev–Trinajstić information content (AvgIpc) is 2.90. The van der Waals surface area contributed by atoms with Crippen LogP contribution in [0, 0.1) is 13.8 Å². The van der Waals surface area contributed by atoms with Gasteiger partial charge in [0.1, 0.15) is 5.76 Å².